The van der Waals surface area contributed by atoms with E-state index in [0.717, 1.165) is 0 Å². The molecule has 1 radical (unpaired) electrons. The minimum absolute atomic E-state index is 0.00196. The van der Waals surface area contributed by atoms with Gasteiger partial charge in [-0.2, -0.15) is 13.2 Å². The number of hydrogen-bond acceptors (Lipinski definition) is 1. The molecule has 1 nitrogen and oxygen atoms in total. The van der Waals surface area contributed by atoms with Crippen molar-refractivity contribution in [2.45, 2.75) is 37.8 Å². The van der Waals surface area contributed by atoms with Gasteiger partial charge in [-0.15, -0.1) is 0 Å². The first-order valence-corrected chi connectivity index (χ1v) is 5.04. The zero-order valence-electron chi connectivity index (χ0n) is 8.92. The smallest absolute Gasteiger partial charge is 0.381 e. The SMILES string of the molecule is COC(C)C1C[B]C(C(F)(F)F)C=CC1. The molecule has 1 aliphatic rings. The van der Waals surface area contributed by atoms with Crippen molar-refractivity contribution in [1.29, 1.82) is 0 Å². The number of allylic oxidation sites excluding steroid dienone is 2. The van der Waals surface area contributed by atoms with Crippen molar-refractivity contribution in [3.05, 3.63) is 12.2 Å². The Labute approximate surface area is 88.9 Å². The van der Waals surface area contributed by atoms with E-state index >= 15 is 0 Å². The summed E-state index contributed by atoms with van der Waals surface area (Å²) in [5, 5.41) is 0. The molecular weight excluding hydrogens is 204 g/mol. The summed E-state index contributed by atoms with van der Waals surface area (Å²) in [5.41, 5.74) is 0. The molecule has 1 rings (SSSR count). The van der Waals surface area contributed by atoms with Crippen LogP contribution in [0.2, 0.25) is 12.1 Å². The molecule has 0 amide bonds. The molecule has 0 saturated carbocycles. The first-order chi connectivity index (χ1) is 6.95. The zero-order chi connectivity index (χ0) is 11.5. The maximum Gasteiger partial charge on any atom is 0.388 e. The van der Waals surface area contributed by atoms with Gasteiger partial charge >= 0.3 is 6.18 Å². The summed E-state index contributed by atoms with van der Waals surface area (Å²) < 4.78 is 42.4. The normalized spacial score (nSPS) is 29.4. The van der Waals surface area contributed by atoms with Crippen LogP contribution in [0.25, 0.3) is 0 Å². The van der Waals surface area contributed by atoms with E-state index < -0.39 is 12.0 Å². The van der Waals surface area contributed by atoms with Gasteiger partial charge in [0, 0.05) is 12.9 Å². The second kappa shape index (κ2) is 5.06. The number of methoxy groups -OCH3 is 1. The summed E-state index contributed by atoms with van der Waals surface area (Å²) in [7, 11) is 2.92. The average molecular weight is 219 g/mol. The molecule has 0 fully saturated rings. The predicted molar refractivity (Wildman–Crippen MR) is 54.1 cm³/mol. The molecule has 15 heavy (non-hydrogen) atoms. The molecule has 3 unspecified atom stereocenters. The molecule has 5 heteroatoms. The number of halogens is 3. The minimum atomic E-state index is -4.15. The molecule has 1 heterocycles. The van der Waals surface area contributed by atoms with Gasteiger partial charge in [0.15, 0.2) is 0 Å². The first-order valence-electron chi connectivity index (χ1n) is 5.04. The standard InChI is InChI=1S/C10H15BF3O/c1-7(15-2)8-4-3-5-9(11-6-8)10(12,13)14/h3,5,7-9H,4,6H2,1-2H3. The third kappa shape index (κ3) is 3.56. The van der Waals surface area contributed by atoms with Gasteiger partial charge in [-0.05, 0) is 19.3 Å². The Kier molecular flexibility index (Phi) is 4.26. The molecule has 1 aliphatic heterocycles. The van der Waals surface area contributed by atoms with E-state index in [-0.39, 0.29) is 12.0 Å². The lowest BCUT2D eigenvalue weighted by atomic mass is 9.59. The highest BCUT2D eigenvalue weighted by atomic mass is 19.4. The van der Waals surface area contributed by atoms with Crippen LogP contribution in [0.15, 0.2) is 12.2 Å². The molecule has 0 bridgehead atoms. The fraction of sp³-hybridized carbons (Fsp3) is 0.800. The van der Waals surface area contributed by atoms with Crippen LogP contribution in [-0.2, 0) is 4.74 Å². The Bertz CT molecular complexity index is 227. The summed E-state index contributed by atoms with van der Waals surface area (Å²) in [6, 6.07) is 0. The Morgan fingerprint density at radius 1 is 1.47 bits per heavy atom. The maximum absolute atomic E-state index is 12.4. The van der Waals surface area contributed by atoms with Crippen molar-refractivity contribution >= 4 is 7.28 Å². The predicted octanol–water partition coefficient (Wildman–Crippen LogP) is 3.07. The van der Waals surface area contributed by atoms with E-state index in [4.69, 9.17) is 4.74 Å². The summed E-state index contributed by atoms with van der Waals surface area (Å²) in [5.74, 6) is -1.25. The summed E-state index contributed by atoms with van der Waals surface area (Å²) >= 11 is 0. The Morgan fingerprint density at radius 2 is 2.13 bits per heavy atom. The highest BCUT2D eigenvalue weighted by Gasteiger charge is 2.39. The molecule has 0 spiro atoms. The molecule has 0 N–H and O–H groups in total. The van der Waals surface area contributed by atoms with Crippen molar-refractivity contribution in [1.82, 2.24) is 0 Å². The number of rotatable bonds is 2. The van der Waals surface area contributed by atoms with Crippen molar-refractivity contribution in [2.24, 2.45) is 5.92 Å². The van der Waals surface area contributed by atoms with E-state index in [0.29, 0.717) is 12.7 Å². The lowest BCUT2D eigenvalue weighted by Gasteiger charge is -2.21. The fourth-order valence-corrected chi connectivity index (χ4v) is 1.71. The fourth-order valence-electron chi connectivity index (χ4n) is 1.71. The Hall–Kier alpha value is -0.445. The van der Waals surface area contributed by atoms with E-state index in [9.17, 15) is 13.2 Å². The van der Waals surface area contributed by atoms with Crippen LogP contribution in [-0.4, -0.2) is 26.7 Å². The third-order valence-electron chi connectivity index (χ3n) is 2.89. The molecule has 0 saturated heterocycles. The number of hydrogen-bond donors (Lipinski definition) is 0. The van der Waals surface area contributed by atoms with Crippen LogP contribution in [0.3, 0.4) is 0 Å². The van der Waals surface area contributed by atoms with Gasteiger partial charge in [-0.1, -0.05) is 18.5 Å². The van der Waals surface area contributed by atoms with Gasteiger partial charge in [0.2, 0.25) is 0 Å². The van der Waals surface area contributed by atoms with Gasteiger partial charge in [0.05, 0.1) is 6.10 Å². The number of alkyl halides is 3. The van der Waals surface area contributed by atoms with Crippen LogP contribution < -0.4 is 0 Å². The van der Waals surface area contributed by atoms with E-state index in [1.165, 1.54) is 13.4 Å². The Morgan fingerprint density at radius 3 is 2.67 bits per heavy atom. The minimum Gasteiger partial charge on any atom is -0.381 e. The second-order valence-electron chi connectivity index (χ2n) is 3.90. The lowest BCUT2D eigenvalue weighted by molar-refractivity contribution is -0.124. The molecule has 85 valence electrons. The number of ether oxygens (including phenoxy) is 1. The summed E-state index contributed by atoms with van der Waals surface area (Å²) in [6.07, 6.45) is -0.200. The van der Waals surface area contributed by atoms with Crippen LogP contribution in [0.5, 0.6) is 0 Å². The van der Waals surface area contributed by atoms with Crippen LogP contribution in [0.4, 0.5) is 13.2 Å². The van der Waals surface area contributed by atoms with Crippen molar-refractivity contribution in [2.75, 3.05) is 7.11 Å². The lowest BCUT2D eigenvalue weighted by Crippen LogP contribution is -2.24. The zero-order valence-corrected chi connectivity index (χ0v) is 8.92. The summed E-state index contributed by atoms with van der Waals surface area (Å²) in [4.78, 5) is 0. The van der Waals surface area contributed by atoms with Crippen molar-refractivity contribution < 1.29 is 17.9 Å². The van der Waals surface area contributed by atoms with Crippen LogP contribution >= 0.6 is 0 Å². The average Bonchev–Trinajstić information content (AvgIpc) is 2.40. The van der Waals surface area contributed by atoms with Gasteiger partial charge < -0.3 is 4.74 Å². The van der Waals surface area contributed by atoms with Crippen LogP contribution in [0, 0.1) is 5.92 Å². The Balaban J connectivity index is 2.56. The molecule has 3 atom stereocenters. The topological polar surface area (TPSA) is 9.23 Å². The molecule has 0 aromatic rings. The van der Waals surface area contributed by atoms with E-state index in [1.54, 1.807) is 13.2 Å². The van der Waals surface area contributed by atoms with Crippen LogP contribution in [0.1, 0.15) is 13.3 Å². The van der Waals surface area contributed by atoms with Gasteiger partial charge in [-0.3, -0.25) is 0 Å². The highest BCUT2D eigenvalue weighted by molar-refractivity contribution is 6.39. The molecular formula is C10H15BF3O. The monoisotopic (exact) mass is 219 g/mol. The quantitative estimate of drug-likeness (QED) is 0.512. The molecule has 0 aromatic heterocycles. The van der Waals surface area contributed by atoms with Crippen molar-refractivity contribution in [3.63, 3.8) is 0 Å². The molecule has 0 aromatic carbocycles. The van der Waals surface area contributed by atoms with Gasteiger partial charge in [0.25, 0.3) is 0 Å². The highest BCUT2D eigenvalue weighted by Crippen LogP contribution is 2.36. The van der Waals surface area contributed by atoms with Crippen molar-refractivity contribution in [3.8, 4) is 0 Å². The van der Waals surface area contributed by atoms with E-state index in [1.807, 2.05) is 6.92 Å². The summed E-state index contributed by atoms with van der Waals surface area (Å²) in [6.45, 7) is 1.89. The second-order valence-corrected chi connectivity index (χ2v) is 3.90. The largest absolute Gasteiger partial charge is 0.388 e. The third-order valence-corrected chi connectivity index (χ3v) is 2.89. The first kappa shape index (κ1) is 12.6. The van der Waals surface area contributed by atoms with Gasteiger partial charge in [-0.25, -0.2) is 0 Å². The van der Waals surface area contributed by atoms with Gasteiger partial charge in [0.1, 0.15) is 7.28 Å². The maximum atomic E-state index is 12.4. The van der Waals surface area contributed by atoms with E-state index in [2.05, 4.69) is 0 Å². The molecule has 0 aliphatic carbocycles.